The number of hydrogen-bond donors (Lipinski definition) is 2. The van der Waals surface area contributed by atoms with Crippen LogP contribution in [0.1, 0.15) is 37.6 Å². The van der Waals surface area contributed by atoms with Crippen LogP contribution in [-0.4, -0.2) is 11.2 Å². The first-order valence-corrected chi connectivity index (χ1v) is 4.80. The lowest BCUT2D eigenvalue weighted by Gasteiger charge is -1.92. The second kappa shape index (κ2) is 6.89. The number of rotatable bonds is 3. The van der Waals surface area contributed by atoms with Crippen molar-refractivity contribution in [3.63, 3.8) is 0 Å². The monoisotopic (exact) mass is 190 g/mol. The topological polar surface area (TPSA) is 39.6 Å². The SMILES string of the molecule is C=Cc1[nH]cc(C=N)c1/C=C\C.CC. The van der Waals surface area contributed by atoms with Crippen molar-refractivity contribution >= 4 is 18.4 Å². The van der Waals surface area contributed by atoms with Gasteiger partial charge in [-0.1, -0.05) is 32.6 Å². The van der Waals surface area contributed by atoms with E-state index in [-0.39, 0.29) is 0 Å². The summed E-state index contributed by atoms with van der Waals surface area (Å²) in [6.45, 7) is 9.63. The average molecular weight is 190 g/mol. The summed E-state index contributed by atoms with van der Waals surface area (Å²) >= 11 is 0. The number of H-pyrrole nitrogens is 1. The van der Waals surface area contributed by atoms with Crippen LogP contribution in [0.25, 0.3) is 12.2 Å². The van der Waals surface area contributed by atoms with E-state index in [1.165, 1.54) is 6.21 Å². The predicted octanol–water partition coefficient (Wildman–Crippen LogP) is 3.71. The van der Waals surface area contributed by atoms with Crippen LogP contribution in [0.5, 0.6) is 0 Å². The van der Waals surface area contributed by atoms with Crippen molar-refractivity contribution in [1.82, 2.24) is 4.98 Å². The highest BCUT2D eigenvalue weighted by Gasteiger charge is 2.02. The zero-order valence-corrected chi connectivity index (χ0v) is 9.09. The quantitative estimate of drug-likeness (QED) is 0.682. The summed E-state index contributed by atoms with van der Waals surface area (Å²) < 4.78 is 0. The van der Waals surface area contributed by atoms with E-state index < -0.39 is 0 Å². The molecule has 0 aliphatic rings. The maximum Gasteiger partial charge on any atom is 0.0454 e. The molecule has 0 aliphatic heterocycles. The Morgan fingerprint density at radius 2 is 2.07 bits per heavy atom. The Labute approximate surface area is 85.9 Å². The molecule has 1 aromatic rings. The molecule has 0 saturated heterocycles. The second-order valence-electron chi connectivity index (χ2n) is 2.42. The number of nitrogens with one attached hydrogen (secondary N) is 2. The Hall–Kier alpha value is -1.57. The fourth-order valence-corrected chi connectivity index (χ4v) is 1.11. The molecule has 0 unspecified atom stereocenters. The molecule has 0 fully saturated rings. The first-order valence-electron chi connectivity index (χ1n) is 4.80. The van der Waals surface area contributed by atoms with Gasteiger partial charge in [0, 0.05) is 29.2 Å². The van der Waals surface area contributed by atoms with E-state index >= 15 is 0 Å². The van der Waals surface area contributed by atoms with Crippen molar-refractivity contribution in [2.24, 2.45) is 0 Å². The minimum Gasteiger partial charge on any atom is -0.361 e. The molecule has 0 atom stereocenters. The molecule has 1 rings (SSSR count). The van der Waals surface area contributed by atoms with Gasteiger partial charge in [-0.25, -0.2) is 0 Å². The molecule has 1 aromatic heterocycles. The summed E-state index contributed by atoms with van der Waals surface area (Å²) in [7, 11) is 0. The van der Waals surface area contributed by atoms with Crippen molar-refractivity contribution in [2.45, 2.75) is 20.8 Å². The smallest absolute Gasteiger partial charge is 0.0454 e. The Morgan fingerprint density at radius 3 is 2.50 bits per heavy atom. The number of allylic oxidation sites excluding steroid dienone is 1. The first kappa shape index (κ1) is 12.4. The van der Waals surface area contributed by atoms with Gasteiger partial charge in [0.05, 0.1) is 0 Å². The third-order valence-electron chi connectivity index (χ3n) is 1.68. The van der Waals surface area contributed by atoms with E-state index in [2.05, 4.69) is 11.6 Å². The van der Waals surface area contributed by atoms with Crippen molar-refractivity contribution < 1.29 is 0 Å². The molecule has 0 saturated carbocycles. The van der Waals surface area contributed by atoms with Gasteiger partial charge >= 0.3 is 0 Å². The Bertz CT molecular complexity index is 294. The van der Waals surface area contributed by atoms with E-state index in [4.69, 9.17) is 5.41 Å². The van der Waals surface area contributed by atoms with Crippen LogP contribution in [0.15, 0.2) is 18.9 Å². The zero-order chi connectivity index (χ0) is 11.0. The Balaban J connectivity index is 0.000000791. The van der Waals surface area contributed by atoms with Gasteiger partial charge in [0.15, 0.2) is 0 Å². The van der Waals surface area contributed by atoms with E-state index in [1.807, 2.05) is 32.9 Å². The third-order valence-corrected chi connectivity index (χ3v) is 1.68. The van der Waals surface area contributed by atoms with Gasteiger partial charge in [0.2, 0.25) is 0 Å². The highest BCUT2D eigenvalue weighted by molar-refractivity contribution is 5.86. The molecule has 76 valence electrons. The maximum atomic E-state index is 7.14. The van der Waals surface area contributed by atoms with Crippen LogP contribution in [0.4, 0.5) is 0 Å². The summed E-state index contributed by atoms with van der Waals surface area (Å²) in [6.07, 6.45) is 8.80. The zero-order valence-electron chi connectivity index (χ0n) is 9.09. The van der Waals surface area contributed by atoms with Gasteiger partial charge in [-0.2, -0.15) is 0 Å². The largest absolute Gasteiger partial charge is 0.361 e. The molecular formula is C12H18N2. The molecule has 2 heteroatoms. The minimum atomic E-state index is 0.892. The fourth-order valence-electron chi connectivity index (χ4n) is 1.11. The molecule has 0 aliphatic carbocycles. The van der Waals surface area contributed by atoms with Gasteiger partial charge in [-0.15, -0.1) is 0 Å². The number of aromatic amines is 1. The lowest BCUT2D eigenvalue weighted by molar-refractivity contribution is 1.37. The average Bonchev–Trinajstić information content (AvgIpc) is 2.64. The fraction of sp³-hybridized carbons (Fsp3) is 0.250. The van der Waals surface area contributed by atoms with E-state index in [0.717, 1.165) is 16.8 Å². The molecule has 14 heavy (non-hydrogen) atoms. The van der Waals surface area contributed by atoms with Crippen LogP contribution in [-0.2, 0) is 0 Å². The lowest BCUT2D eigenvalue weighted by atomic mass is 10.1. The standard InChI is InChI=1S/C10H12N2.C2H6/c1-3-5-9-8(6-11)7-12-10(9)4-2;1-2/h3-7,11-12H,2H2,1H3;1-2H3/b5-3-,11-6?;. The summed E-state index contributed by atoms with van der Waals surface area (Å²) in [5.41, 5.74) is 2.89. The van der Waals surface area contributed by atoms with E-state index in [0.29, 0.717) is 0 Å². The van der Waals surface area contributed by atoms with Crippen LogP contribution in [0.2, 0.25) is 0 Å². The first-order chi connectivity index (χ1) is 6.83. The van der Waals surface area contributed by atoms with Crippen molar-refractivity contribution in [3.8, 4) is 0 Å². The van der Waals surface area contributed by atoms with Gasteiger partial charge in [-0.05, 0) is 13.0 Å². The Kier molecular flexibility index (Phi) is 6.12. The van der Waals surface area contributed by atoms with Crippen molar-refractivity contribution in [1.29, 1.82) is 5.41 Å². The van der Waals surface area contributed by atoms with Gasteiger partial charge < -0.3 is 10.4 Å². The van der Waals surface area contributed by atoms with E-state index in [1.54, 1.807) is 12.3 Å². The number of hydrogen-bond acceptors (Lipinski definition) is 1. The van der Waals surface area contributed by atoms with Gasteiger partial charge in [0.1, 0.15) is 0 Å². The summed E-state index contributed by atoms with van der Waals surface area (Å²) in [6, 6.07) is 0. The van der Waals surface area contributed by atoms with Crippen molar-refractivity contribution in [3.05, 3.63) is 35.7 Å². The number of aromatic nitrogens is 1. The minimum absolute atomic E-state index is 0.892. The molecule has 2 nitrogen and oxygen atoms in total. The normalized spacial score (nSPS) is 9.36. The molecule has 2 N–H and O–H groups in total. The van der Waals surface area contributed by atoms with Crippen molar-refractivity contribution in [2.75, 3.05) is 0 Å². The highest BCUT2D eigenvalue weighted by Crippen LogP contribution is 2.15. The molecular weight excluding hydrogens is 172 g/mol. The van der Waals surface area contributed by atoms with Gasteiger partial charge in [0.25, 0.3) is 0 Å². The summed E-state index contributed by atoms with van der Waals surface area (Å²) in [5, 5.41) is 7.14. The highest BCUT2D eigenvalue weighted by atomic mass is 14.7. The third kappa shape index (κ3) is 2.73. The predicted molar refractivity (Wildman–Crippen MR) is 64.8 cm³/mol. The maximum absolute atomic E-state index is 7.14. The van der Waals surface area contributed by atoms with Gasteiger partial charge in [-0.3, -0.25) is 0 Å². The van der Waals surface area contributed by atoms with Crippen LogP contribution < -0.4 is 0 Å². The molecule has 0 bridgehead atoms. The van der Waals surface area contributed by atoms with Crippen LogP contribution >= 0.6 is 0 Å². The van der Waals surface area contributed by atoms with E-state index in [9.17, 15) is 0 Å². The summed E-state index contributed by atoms with van der Waals surface area (Å²) in [5.74, 6) is 0. The molecule has 0 amide bonds. The molecule has 0 spiro atoms. The van der Waals surface area contributed by atoms with Crippen LogP contribution in [0, 0.1) is 5.41 Å². The van der Waals surface area contributed by atoms with Crippen LogP contribution in [0.3, 0.4) is 0 Å². The second-order valence-corrected chi connectivity index (χ2v) is 2.42. The molecule has 1 heterocycles. The summed E-state index contributed by atoms with van der Waals surface area (Å²) in [4.78, 5) is 3.04. The Morgan fingerprint density at radius 1 is 1.43 bits per heavy atom. The lowest BCUT2D eigenvalue weighted by Crippen LogP contribution is -1.80. The molecule has 0 aromatic carbocycles. The molecule has 0 radical (unpaired) electrons.